The first-order valence-corrected chi connectivity index (χ1v) is 4.06. The molecule has 1 aromatic rings. The minimum Gasteiger partial charge on any atom is -0.519 e. The normalized spacial score (nSPS) is 11.5. The molecule has 0 aliphatic carbocycles. The minimum absolute atomic E-state index is 0.267. The van der Waals surface area contributed by atoms with Crippen LogP contribution in [0.15, 0.2) is 18.2 Å². The van der Waals surface area contributed by atoms with Crippen molar-refractivity contribution in [1.82, 2.24) is 0 Å². The van der Waals surface area contributed by atoms with Crippen LogP contribution in [-0.2, 0) is 0 Å². The van der Waals surface area contributed by atoms with Crippen molar-refractivity contribution >= 4 is 18.6 Å². The molecule has 78 valence electrons. The first kappa shape index (κ1) is 11.2. The summed E-state index contributed by atoms with van der Waals surface area (Å²) >= 11 is 5.33. The van der Waals surface area contributed by atoms with E-state index in [0.29, 0.717) is 0 Å². The van der Waals surface area contributed by atoms with Crippen molar-refractivity contribution in [2.75, 3.05) is 6.51 Å². The van der Waals surface area contributed by atoms with Crippen molar-refractivity contribution in [3.8, 4) is 5.75 Å². The molecule has 0 spiro atoms. The van der Waals surface area contributed by atoms with Gasteiger partial charge in [0.1, 0.15) is 0 Å². The van der Waals surface area contributed by atoms with E-state index in [0.717, 1.165) is 6.07 Å². The van der Waals surface area contributed by atoms with Gasteiger partial charge in [0.25, 0.3) is 0 Å². The number of hydrogen-bond acceptors (Lipinski definition) is 1. The molecule has 14 heavy (non-hydrogen) atoms. The average Bonchev–Trinajstić information content (AvgIpc) is 2.06. The van der Waals surface area contributed by atoms with Crippen LogP contribution >= 0.6 is 11.6 Å². The topological polar surface area (TPSA) is 9.23 Å². The fourth-order valence-electron chi connectivity index (χ4n) is 0.780. The van der Waals surface area contributed by atoms with Gasteiger partial charge in [-0.1, -0.05) is 17.7 Å². The standard InChI is InChI=1S/C7H5BClF4O/c9-5-2-1-3-6(7(5)10)14-4-8(11,12)13/h1-3H,4H2/q-1. The van der Waals surface area contributed by atoms with Gasteiger partial charge in [0.15, 0.2) is 11.6 Å². The zero-order valence-electron chi connectivity index (χ0n) is 6.81. The van der Waals surface area contributed by atoms with Crippen molar-refractivity contribution in [2.45, 2.75) is 0 Å². The van der Waals surface area contributed by atoms with Crippen LogP contribution in [0.1, 0.15) is 0 Å². The summed E-state index contributed by atoms with van der Waals surface area (Å²) in [6.07, 6.45) is 0. The highest BCUT2D eigenvalue weighted by Gasteiger charge is 2.24. The predicted molar refractivity (Wildman–Crippen MR) is 46.0 cm³/mol. The number of rotatable bonds is 3. The second-order valence-electron chi connectivity index (χ2n) is 2.57. The fourth-order valence-corrected chi connectivity index (χ4v) is 0.946. The number of halogens is 5. The van der Waals surface area contributed by atoms with E-state index >= 15 is 0 Å². The fraction of sp³-hybridized carbons (Fsp3) is 0.143. The lowest BCUT2D eigenvalue weighted by Crippen LogP contribution is -2.26. The molecule has 0 amide bonds. The highest BCUT2D eigenvalue weighted by molar-refractivity contribution is 6.58. The molecule has 0 aliphatic rings. The Morgan fingerprint density at radius 3 is 2.50 bits per heavy atom. The van der Waals surface area contributed by atoms with Crippen LogP contribution in [0.2, 0.25) is 5.02 Å². The van der Waals surface area contributed by atoms with Gasteiger partial charge in [-0.2, -0.15) is 0 Å². The second kappa shape index (κ2) is 4.08. The van der Waals surface area contributed by atoms with Gasteiger partial charge in [-0.05, 0) is 12.1 Å². The summed E-state index contributed by atoms with van der Waals surface area (Å²) in [5, 5.41) is -0.267. The van der Waals surface area contributed by atoms with Gasteiger partial charge < -0.3 is 17.7 Å². The molecule has 1 rings (SSSR count). The third-order valence-corrected chi connectivity index (χ3v) is 1.64. The summed E-state index contributed by atoms with van der Waals surface area (Å²) in [6, 6.07) is 3.62. The van der Waals surface area contributed by atoms with E-state index in [2.05, 4.69) is 4.74 Å². The van der Waals surface area contributed by atoms with Crippen LogP contribution in [0.4, 0.5) is 17.3 Å². The Morgan fingerprint density at radius 2 is 1.93 bits per heavy atom. The summed E-state index contributed by atoms with van der Waals surface area (Å²) in [7, 11) is 0. The third-order valence-electron chi connectivity index (χ3n) is 1.34. The summed E-state index contributed by atoms with van der Waals surface area (Å²) in [5.41, 5.74) is 0. The number of benzene rings is 1. The van der Waals surface area contributed by atoms with Crippen LogP contribution in [0.3, 0.4) is 0 Å². The molecule has 7 heteroatoms. The van der Waals surface area contributed by atoms with Crippen LogP contribution in [0, 0.1) is 5.82 Å². The molecule has 0 aromatic heterocycles. The molecule has 0 radical (unpaired) electrons. The van der Waals surface area contributed by atoms with E-state index in [9.17, 15) is 17.3 Å². The summed E-state index contributed by atoms with van der Waals surface area (Å²) in [4.78, 5) is 0. The Kier molecular flexibility index (Phi) is 3.26. The van der Waals surface area contributed by atoms with Gasteiger partial charge in [-0.25, -0.2) is 4.39 Å². The van der Waals surface area contributed by atoms with Gasteiger partial charge >= 0.3 is 6.98 Å². The van der Waals surface area contributed by atoms with Crippen LogP contribution in [-0.4, -0.2) is 13.5 Å². The first-order chi connectivity index (χ1) is 6.40. The maximum absolute atomic E-state index is 13.0. The highest BCUT2D eigenvalue weighted by atomic mass is 35.5. The molecule has 1 aromatic carbocycles. The van der Waals surface area contributed by atoms with Crippen molar-refractivity contribution in [2.24, 2.45) is 0 Å². The van der Waals surface area contributed by atoms with Gasteiger partial charge in [0.2, 0.25) is 0 Å². The van der Waals surface area contributed by atoms with Crippen LogP contribution < -0.4 is 4.74 Å². The molecule has 0 aliphatic heterocycles. The van der Waals surface area contributed by atoms with E-state index in [1.165, 1.54) is 12.1 Å². The van der Waals surface area contributed by atoms with E-state index in [1.54, 1.807) is 0 Å². The molecule has 0 N–H and O–H groups in total. The smallest absolute Gasteiger partial charge is 0.515 e. The van der Waals surface area contributed by atoms with Crippen LogP contribution in [0.5, 0.6) is 5.75 Å². The first-order valence-electron chi connectivity index (χ1n) is 3.68. The largest absolute Gasteiger partial charge is 0.519 e. The van der Waals surface area contributed by atoms with Gasteiger partial charge in [-0.15, -0.1) is 0 Å². The lowest BCUT2D eigenvalue weighted by Gasteiger charge is -2.15. The van der Waals surface area contributed by atoms with E-state index in [4.69, 9.17) is 11.6 Å². The molecule has 0 bridgehead atoms. The molecule has 0 unspecified atom stereocenters. The number of ether oxygens (including phenoxy) is 1. The van der Waals surface area contributed by atoms with E-state index in [-0.39, 0.29) is 5.02 Å². The summed E-state index contributed by atoms with van der Waals surface area (Å²) < 4.78 is 52.5. The average molecular weight is 227 g/mol. The summed E-state index contributed by atoms with van der Waals surface area (Å²) in [6.45, 7) is -6.56. The second-order valence-corrected chi connectivity index (χ2v) is 2.98. The SMILES string of the molecule is Fc1c(Cl)cccc1OC[B-](F)(F)F. The molecule has 0 saturated carbocycles. The summed E-state index contributed by atoms with van der Waals surface area (Å²) in [5.74, 6) is -1.47. The number of hydrogen-bond donors (Lipinski definition) is 0. The third kappa shape index (κ3) is 3.10. The lowest BCUT2D eigenvalue weighted by molar-refractivity contribution is 0.301. The molecular weight excluding hydrogens is 222 g/mol. The molecule has 0 fully saturated rings. The Bertz CT molecular complexity index is 328. The Hall–Kier alpha value is -0.905. The Morgan fingerprint density at radius 1 is 1.29 bits per heavy atom. The lowest BCUT2D eigenvalue weighted by atomic mass is 9.95. The quantitative estimate of drug-likeness (QED) is 0.569. The predicted octanol–water partition coefficient (Wildman–Crippen LogP) is 3.24. The van der Waals surface area contributed by atoms with E-state index in [1.807, 2.05) is 0 Å². The monoisotopic (exact) mass is 227 g/mol. The maximum Gasteiger partial charge on any atom is 0.515 e. The van der Waals surface area contributed by atoms with E-state index < -0.39 is 25.1 Å². The van der Waals surface area contributed by atoms with Crippen molar-refractivity contribution in [1.29, 1.82) is 0 Å². The van der Waals surface area contributed by atoms with Gasteiger partial charge in [0.05, 0.1) is 11.5 Å². The Balaban J connectivity index is 2.73. The molecule has 0 heterocycles. The highest BCUT2D eigenvalue weighted by Crippen LogP contribution is 2.24. The maximum atomic E-state index is 13.0. The minimum atomic E-state index is -5.09. The van der Waals surface area contributed by atoms with Gasteiger partial charge in [-0.3, -0.25) is 0 Å². The molecular formula is C7H5BClF4O-. The zero-order valence-corrected chi connectivity index (χ0v) is 7.57. The van der Waals surface area contributed by atoms with Crippen molar-refractivity contribution in [3.63, 3.8) is 0 Å². The zero-order chi connectivity index (χ0) is 10.8. The van der Waals surface area contributed by atoms with Crippen molar-refractivity contribution < 1.29 is 22.1 Å². The molecule has 0 saturated heterocycles. The Labute approximate surface area is 82.7 Å². The molecule has 1 nitrogen and oxygen atoms in total. The molecule has 0 atom stereocenters. The van der Waals surface area contributed by atoms with Gasteiger partial charge in [0, 0.05) is 0 Å². The van der Waals surface area contributed by atoms with Crippen LogP contribution in [0.25, 0.3) is 0 Å². The van der Waals surface area contributed by atoms with Crippen molar-refractivity contribution in [3.05, 3.63) is 29.0 Å².